The molecule has 0 atom stereocenters. The lowest BCUT2D eigenvalue weighted by atomic mass is 10.2. The third-order valence-electron chi connectivity index (χ3n) is 3.78. The zero-order chi connectivity index (χ0) is 20.5. The molecule has 0 saturated heterocycles. The Morgan fingerprint density at radius 2 is 1.62 bits per heavy atom. The standard InChI is InChI=1S/C23H18FNO3S/c24-19-11-5-4-8-17(19)14-15-23(27)28-16-22(26)25-20-12-6-7-13-21(20)29-18-9-2-1-3-10-18/h1-15H,16H2,(H,25,26)/b15-14+. The van der Waals surface area contributed by atoms with Crippen LogP contribution in [0.2, 0.25) is 0 Å². The van der Waals surface area contributed by atoms with E-state index in [1.54, 1.807) is 18.2 Å². The monoisotopic (exact) mass is 407 g/mol. The van der Waals surface area contributed by atoms with E-state index in [0.717, 1.165) is 15.9 Å². The third-order valence-corrected chi connectivity index (χ3v) is 4.87. The highest BCUT2D eigenvalue weighted by atomic mass is 32.2. The Morgan fingerprint density at radius 3 is 2.41 bits per heavy atom. The molecule has 0 fully saturated rings. The number of hydrogen-bond acceptors (Lipinski definition) is 4. The highest BCUT2D eigenvalue weighted by Crippen LogP contribution is 2.33. The van der Waals surface area contributed by atoms with Gasteiger partial charge in [-0.15, -0.1) is 0 Å². The second kappa shape index (κ2) is 10.2. The number of amides is 1. The molecule has 0 bridgehead atoms. The minimum Gasteiger partial charge on any atom is -0.452 e. The first-order valence-corrected chi connectivity index (χ1v) is 9.64. The van der Waals surface area contributed by atoms with Gasteiger partial charge in [-0.2, -0.15) is 0 Å². The lowest BCUT2D eigenvalue weighted by Gasteiger charge is -2.10. The van der Waals surface area contributed by atoms with Crippen LogP contribution < -0.4 is 5.32 Å². The number of ether oxygens (including phenoxy) is 1. The van der Waals surface area contributed by atoms with E-state index < -0.39 is 24.3 Å². The van der Waals surface area contributed by atoms with Crippen molar-refractivity contribution in [1.29, 1.82) is 0 Å². The molecule has 3 rings (SSSR count). The molecule has 1 N–H and O–H groups in total. The zero-order valence-electron chi connectivity index (χ0n) is 15.4. The first kappa shape index (κ1) is 20.4. The van der Waals surface area contributed by atoms with Crippen molar-refractivity contribution >= 4 is 35.4 Å². The Balaban J connectivity index is 1.54. The van der Waals surface area contributed by atoms with Crippen LogP contribution in [0.1, 0.15) is 5.56 Å². The lowest BCUT2D eigenvalue weighted by Crippen LogP contribution is -2.20. The van der Waals surface area contributed by atoms with Gasteiger partial charge in [0.05, 0.1) is 5.69 Å². The average Bonchev–Trinajstić information content (AvgIpc) is 2.74. The number of carbonyl (C=O) groups excluding carboxylic acids is 2. The van der Waals surface area contributed by atoms with Gasteiger partial charge in [-0.3, -0.25) is 4.79 Å². The van der Waals surface area contributed by atoms with E-state index in [4.69, 9.17) is 4.74 Å². The van der Waals surface area contributed by atoms with Gasteiger partial charge in [-0.25, -0.2) is 9.18 Å². The smallest absolute Gasteiger partial charge is 0.331 e. The summed E-state index contributed by atoms with van der Waals surface area (Å²) < 4.78 is 18.4. The van der Waals surface area contributed by atoms with Crippen molar-refractivity contribution in [2.24, 2.45) is 0 Å². The first-order valence-electron chi connectivity index (χ1n) is 8.83. The molecule has 1 amide bonds. The quantitative estimate of drug-likeness (QED) is 0.434. The topological polar surface area (TPSA) is 55.4 Å². The summed E-state index contributed by atoms with van der Waals surface area (Å²) in [6, 6.07) is 23.2. The van der Waals surface area contributed by atoms with Crippen molar-refractivity contribution in [3.63, 3.8) is 0 Å². The SMILES string of the molecule is O=C(COC(=O)/C=C/c1ccccc1F)Nc1ccccc1Sc1ccccc1. The van der Waals surface area contributed by atoms with Crippen LogP contribution in [0.3, 0.4) is 0 Å². The van der Waals surface area contributed by atoms with Gasteiger partial charge in [0.2, 0.25) is 0 Å². The molecule has 0 heterocycles. The fourth-order valence-corrected chi connectivity index (χ4v) is 3.34. The molecule has 6 heteroatoms. The van der Waals surface area contributed by atoms with Gasteiger partial charge in [0.25, 0.3) is 5.91 Å². The maximum atomic E-state index is 13.5. The van der Waals surface area contributed by atoms with Crippen molar-refractivity contribution in [3.05, 3.63) is 96.3 Å². The summed E-state index contributed by atoms with van der Waals surface area (Å²) in [5.41, 5.74) is 0.894. The summed E-state index contributed by atoms with van der Waals surface area (Å²) in [4.78, 5) is 25.9. The second-order valence-corrected chi connectivity index (χ2v) is 7.04. The molecular formula is C23H18FNO3S. The van der Waals surface area contributed by atoms with Gasteiger partial charge in [0.1, 0.15) is 5.82 Å². The van der Waals surface area contributed by atoms with E-state index in [9.17, 15) is 14.0 Å². The Kier molecular flexibility index (Phi) is 7.19. The van der Waals surface area contributed by atoms with E-state index >= 15 is 0 Å². The average molecular weight is 407 g/mol. The van der Waals surface area contributed by atoms with Gasteiger partial charge < -0.3 is 10.1 Å². The predicted molar refractivity (Wildman–Crippen MR) is 112 cm³/mol. The minimum atomic E-state index is -0.727. The normalized spacial score (nSPS) is 10.7. The molecule has 0 aliphatic rings. The number of esters is 1. The van der Waals surface area contributed by atoms with E-state index in [1.807, 2.05) is 48.5 Å². The van der Waals surface area contributed by atoms with Crippen molar-refractivity contribution < 1.29 is 18.7 Å². The van der Waals surface area contributed by atoms with Crippen LogP contribution >= 0.6 is 11.8 Å². The molecule has 0 saturated carbocycles. The van der Waals surface area contributed by atoms with Crippen LogP contribution in [0.25, 0.3) is 6.08 Å². The Bertz CT molecular complexity index is 1020. The maximum Gasteiger partial charge on any atom is 0.331 e. The maximum absolute atomic E-state index is 13.5. The van der Waals surface area contributed by atoms with Crippen LogP contribution in [0.5, 0.6) is 0 Å². The number of carbonyl (C=O) groups is 2. The number of rotatable bonds is 7. The largest absolute Gasteiger partial charge is 0.452 e. The lowest BCUT2D eigenvalue weighted by molar-refractivity contribution is -0.142. The minimum absolute atomic E-state index is 0.265. The van der Waals surface area contributed by atoms with Gasteiger partial charge in [-0.05, 0) is 36.4 Å². The molecule has 0 unspecified atom stereocenters. The number of nitrogens with one attached hydrogen (secondary N) is 1. The van der Waals surface area contributed by atoms with Crippen molar-refractivity contribution in [2.75, 3.05) is 11.9 Å². The van der Waals surface area contributed by atoms with Crippen LogP contribution in [0.4, 0.5) is 10.1 Å². The van der Waals surface area contributed by atoms with Crippen molar-refractivity contribution in [3.8, 4) is 0 Å². The number of para-hydroxylation sites is 1. The fraction of sp³-hybridized carbons (Fsp3) is 0.0435. The molecule has 29 heavy (non-hydrogen) atoms. The Labute approximate surface area is 172 Å². The zero-order valence-corrected chi connectivity index (χ0v) is 16.2. The van der Waals surface area contributed by atoms with E-state index in [2.05, 4.69) is 5.32 Å². The van der Waals surface area contributed by atoms with E-state index in [1.165, 1.54) is 30.0 Å². The molecule has 0 aromatic heterocycles. The van der Waals surface area contributed by atoms with Gasteiger partial charge in [-0.1, -0.05) is 60.3 Å². The number of halogens is 1. The molecule has 0 aliphatic carbocycles. The number of hydrogen-bond donors (Lipinski definition) is 1. The summed E-state index contributed by atoms with van der Waals surface area (Å²) in [6.45, 7) is -0.440. The second-order valence-electron chi connectivity index (χ2n) is 5.92. The van der Waals surface area contributed by atoms with Crippen LogP contribution in [0, 0.1) is 5.82 Å². The first-order chi connectivity index (χ1) is 14.1. The van der Waals surface area contributed by atoms with Gasteiger partial charge in [0.15, 0.2) is 6.61 Å². The van der Waals surface area contributed by atoms with Gasteiger partial charge in [0, 0.05) is 21.4 Å². The van der Waals surface area contributed by atoms with Gasteiger partial charge >= 0.3 is 5.97 Å². The molecule has 0 radical (unpaired) electrons. The van der Waals surface area contributed by atoms with Crippen molar-refractivity contribution in [1.82, 2.24) is 0 Å². The van der Waals surface area contributed by atoms with Crippen molar-refractivity contribution in [2.45, 2.75) is 9.79 Å². The summed E-state index contributed by atoms with van der Waals surface area (Å²) in [5.74, 6) is -1.63. The number of anilines is 1. The molecule has 3 aromatic carbocycles. The number of benzene rings is 3. The highest BCUT2D eigenvalue weighted by molar-refractivity contribution is 7.99. The summed E-state index contributed by atoms with van der Waals surface area (Å²) in [6.07, 6.45) is 2.40. The summed E-state index contributed by atoms with van der Waals surface area (Å²) >= 11 is 1.52. The molecule has 3 aromatic rings. The Morgan fingerprint density at radius 1 is 0.931 bits per heavy atom. The van der Waals surface area contributed by atoms with Crippen LogP contribution in [-0.2, 0) is 14.3 Å². The fourth-order valence-electron chi connectivity index (χ4n) is 2.41. The third kappa shape index (κ3) is 6.33. The van der Waals surface area contributed by atoms with E-state index in [0.29, 0.717) is 5.69 Å². The predicted octanol–water partition coefficient (Wildman–Crippen LogP) is 5.17. The van der Waals surface area contributed by atoms with Crippen LogP contribution in [0.15, 0.2) is 94.7 Å². The summed E-state index contributed by atoms with van der Waals surface area (Å²) in [7, 11) is 0. The molecule has 0 spiro atoms. The highest BCUT2D eigenvalue weighted by Gasteiger charge is 2.10. The molecule has 4 nitrogen and oxygen atoms in total. The Hall–Kier alpha value is -3.38. The summed E-state index contributed by atoms with van der Waals surface area (Å²) in [5, 5.41) is 2.75. The molecule has 146 valence electrons. The van der Waals surface area contributed by atoms with Crippen LogP contribution in [-0.4, -0.2) is 18.5 Å². The van der Waals surface area contributed by atoms with E-state index in [-0.39, 0.29) is 5.56 Å². The molecular weight excluding hydrogens is 389 g/mol. The molecule has 0 aliphatic heterocycles.